The Bertz CT molecular complexity index is 390. The summed E-state index contributed by atoms with van der Waals surface area (Å²) >= 11 is 0. The van der Waals surface area contributed by atoms with Gasteiger partial charge in [-0.2, -0.15) is 0 Å². The van der Waals surface area contributed by atoms with Gasteiger partial charge < -0.3 is 4.74 Å². The third-order valence-corrected chi connectivity index (χ3v) is 2.45. The van der Waals surface area contributed by atoms with Gasteiger partial charge in [-0.3, -0.25) is 4.90 Å². The number of hydrogen-bond donors (Lipinski definition) is 0. The van der Waals surface area contributed by atoms with Crippen molar-refractivity contribution >= 4 is 11.9 Å². The highest BCUT2D eigenvalue weighted by atomic mass is 16.6. The van der Waals surface area contributed by atoms with E-state index in [0.29, 0.717) is 24.9 Å². The molecule has 1 amide bonds. The predicted octanol–water partition coefficient (Wildman–Crippen LogP) is 2.24. The van der Waals surface area contributed by atoms with Crippen LogP contribution in [0.4, 0.5) is 10.6 Å². The summed E-state index contributed by atoms with van der Waals surface area (Å²) in [6.07, 6.45) is 0.630. The summed E-state index contributed by atoms with van der Waals surface area (Å²) in [6.45, 7) is 5.35. The van der Waals surface area contributed by atoms with Gasteiger partial charge in [-0.1, -0.05) is 19.9 Å². The molecular formula is C12H16N2O2. The minimum absolute atomic E-state index is 0.297. The number of cyclic esters (lactones) is 1. The Labute approximate surface area is 95.2 Å². The number of rotatable bonds is 3. The first kappa shape index (κ1) is 10.9. The number of pyridine rings is 1. The lowest BCUT2D eigenvalue weighted by atomic mass is 10.1. The Morgan fingerprint density at radius 2 is 2.31 bits per heavy atom. The summed E-state index contributed by atoms with van der Waals surface area (Å²) in [4.78, 5) is 17.4. The Morgan fingerprint density at radius 1 is 1.50 bits per heavy atom. The molecule has 1 fully saturated rings. The van der Waals surface area contributed by atoms with Crippen molar-refractivity contribution in [3.8, 4) is 0 Å². The maximum atomic E-state index is 11.4. The van der Waals surface area contributed by atoms with E-state index in [0.717, 1.165) is 12.1 Å². The maximum Gasteiger partial charge on any atom is 0.415 e. The number of nitrogens with zero attached hydrogens (tertiary/aromatic N) is 2. The van der Waals surface area contributed by atoms with Crippen LogP contribution in [0.1, 0.15) is 19.5 Å². The summed E-state index contributed by atoms with van der Waals surface area (Å²) in [5, 5.41) is 0. The van der Waals surface area contributed by atoms with Crippen LogP contribution in [0.5, 0.6) is 0 Å². The molecule has 1 aliphatic heterocycles. The van der Waals surface area contributed by atoms with Crippen LogP contribution in [0.3, 0.4) is 0 Å². The molecule has 0 aromatic carbocycles. The molecule has 4 heteroatoms. The molecule has 0 spiro atoms. The average molecular weight is 220 g/mol. The first-order valence-corrected chi connectivity index (χ1v) is 5.57. The molecule has 1 aliphatic rings. The van der Waals surface area contributed by atoms with Gasteiger partial charge in [0.25, 0.3) is 0 Å². The second-order valence-corrected chi connectivity index (χ2v) is 4.35. The zero-order valence-electron chi connectivity index (χ0n) is 9.64. The summed E-state index contributed by atoms with van der Waals surface area (Å²) in [5.74, 6) is 1.26. The Kier molecular flexibility index (Phi) is 3.08. The standard InChI is InChI=1S/C12H16N2O2/c1-9(2)8-10-4-3-5-11(13-10)14-6-7-16-12(14)15/h3-5,9H,6-8H2,1-2H3. The van der Waals surface area contributed by atoms with Gasteiger partial charge in [0.15, 0.2) is 0 Å². The maximum absolute atomic E-state index is 11.4. The normalized spacial score (nSPS) is 15.7. The molecule has 2 rings (SSSR count). The number of anilines is 1. The van der Waals surface area contributed by atoms with Gasteiger partial charge in [0.1, 0.15) is 12.4 Å². The minimum atomic E-state index is -0.297. The van der Waals surface area contributed by atoms with Crippen molar-refractivity contribution in [2.45, 2.75) is 20.3 Å². The first-order valence-electron chi connectivity index (χ1n) is 5.57. The molecule has 0 aliphatic carbocycles. The number of aromatic nitrogens is 1. The van der Waals surface area contributed by atoms with Crippen molar-refractivity contribution in [1.82, 2.24) is 4.98 Å². The third-order valence-electron chi connectivity index (χ3n) is 2.45. The zero-order valence-corrected chi connectivity index (χ0v) is 9.64. The molecule has 1 saturated heterocycles. The van der Waals surface area contributed by atoms with Gasteiger partial charge in [-0.25, -0.2) is 9.78 Å². The van der Waals surface area contributed by atoms with Crippen LogP contribution in [0.15, 0.2) is 18.2 Å². The van der Waals surface area contributed by atoms with E-state index in [9.17, 15) is 4.79 Å². The molecule has 1 aromatic heterocycles. The van der Waals surface area contributed by atoms with Crippen molar-refractivity contribution < 1.29 is 9.53 Å². The molecule has 16 heavy (non-hydrogen) atoms. The van der Waals surface area contributed by atoms with E-state index in [1.165, 1.54) is 0 Å². The monoisotopic (exact) mass is 220 g/mol. The van der Waals surface area contributed by atoms with Crippen LogP contribution < -0.4 is 4.90 Å². The fraction of sp³-hybridized carbons (Fsp3) is 0.500. The SMILES string of the molecule is CC(C)Cc1cccc(N2CCOC2=O)n1. The number of hydrogen-bond acceptors (Lipinski definition) is 3. The van der Waals surface area contributed by atoms with Crippen LogP contribution in [0, 0.1) is 5.92 Å². The highest BCUT2D eigenvalue weighted by Crippen LogP contribution is 2.17. The summed E-state index contributed by atoms with van der Waals surface area (Å²) in [6, 6.07) is 5.77. The van der Waals surface area contributed by atoms with Gasteiger partial charge in [-0.15, -0.1) is 0 Å². The van der Waals surface area contributed by atoms with E-state index in [2.05, 4.69) is 18.8 Å². The van der Waals surface area contributed by atoms with Crippen LogP contribution >= 0.6 is 0 Å². The van der Waals surface area contributed by atoms with E-state index in [4.69, 9.17) is 4.74 Å². The smallest absolute Gasteiger partial charge is 0.415 e. The summed E-state index contributed by atoms with van der Waals surface area (Å²) in [7, 11) is 0. The lowest BCUT2D eigenvalue weighted by Gasteiger charge is -2.13. The van der Waals surface area contributed by atoms with E-state index in [1.807, 2.05) is 18.2 Å². The molecule has 86 valence electrons. The lowest BCUT2D eigenvalue weighted by Crippen LogP contribution is -2.24. The lowest BCUT2D eigenvalue weighted by molar-refractivity contribution is 0.181. The van der Waals surface area contributed by atoms with Crippen molar-refractivity contribution in [3.63, 3.8) is 0 Å². The number of carbonyl (C=O) groups is 1. The van der Waals surface area contributed by atoms with Crippen LogP contribution in [-0.4, -0.2) is 24.2 Å². The molecule has 2 heterocycles. The molecular weight excluding hydrogens is 204 g/mol. The van der Waals surface area contributed by atoms with Gasteiger partial charge in [0, 0.05) is 5.69 Å². The molecule has 0 unspecified atom stereocenters. The topological polar surface area (TPSA) is 42.4 Å². The van der Waals surface area contributed by atoms with Crippen molar-refractivity contribution in [1.29, 1.82) is 0 Å². The molecule has 4 nitrogen and oxygen atoms in total. The van der Waals surface area contributed by atoms with Crippen LogP contribution in [-0.2, 0) is 11.2 Å². The number of amides is 1. The quantitative estimate of drug-likeness (QED) is 0.784. The second kappa shape index (κ2) is 4.51. The van der Waals surface area contributed by atoms with Gasteiger partial charge >= 0.3 is 6.09 Å². The van der Waals surface area contributed by atoms with Crippen molar-refractivity contribution in [3.05, 3.63) is 23.9 Å². The van der Waals surface area contributed by atoms with E-state index >= 15 is 0 Å². The average Bonchev–Trinajstić information content (AvgIpc) is 2.64. The van der Waals surface area contributed by atoms with Crippen LogP contribution in [0.25, 0.3) is 0 Å². The van der Waals surface area contributed by atoms with E-state index in [1.54, 1.807) is 4.90 Å². The van der Waals surface area contributed by atoms with Gasteiger partial charge in [0.2, 0.25) is 0 Å². The minimum Gasteiger partial charge on any atom is -0.447 e. The molecule has 0 radical (unpaired) electrons. The molecule has 0 saturated carbocycles. The van der Waals surface area contributed by atoms with Crippen molar-refractivity contribution in [2.24, 2.45) is 5.92 Å². The second-order valence-electron chi connectivity index (χ2n) is 4.35. The van der Waals surface area contributed by atoms with Gasteiger partial charge in [-0.05, 0) is 24.5 Å². The summed E-state index contributed by atoms with van der Waals surface area (Å²) < 4.78 is 4.89. The highest BCUT2D eigenvalue weighted by Gasteiger charge is 2.24. The summed E-state index contributed by atoms with van der Waals surface area (Å²) in [5.41, 5.74) is 1.02. The third kappa shape index (κ3) is 2.32. The Hall–Kier alpha value is -1.58. The van der Waals surface area contributed by atoms with Crippen LogP contribution in [0.2, 0.25) is 0 Å². The van der Waals surface area contributed by atoms with E-state index < -0.39 is 0 Å². The number of ether oxygens (including phenoxy) is 1. The molecule has 0 bridgehead atoms. The molecule has 1 aromatic rings. The largest absolute Gasteiger partial charge is 0.447 e. The Morgan fingerprint density at radius 3 is 2.94 bits per heavy atom. The Balaban J connectivity index is 2.18. The molecule has 0 N–H and O–H groups in total. The fourth-order valence-electron chi connectivity index (χ4n) is 1.75. The van der Waals surface area contributed by atoms with Crippen molar-refractivity contribution in [2.75, 3.05) is 18.1 Å². The first-order chi connectivity index (χ1) is 7.66. The zero-order chi connectivity index (χ0) is 11.5. The van der Waals surface area contributed by atoms with Gasteiger partial charge in [0.05, 0.1) is 6.54 Å². The van der Waals surface area contributed by atoms with E-state index in [-0.39, 0.29) is 6.09 Å². The highest BCUT2D eigenvalue weighted by molar-refractivity contribution is 5.88. The molecule has 0 atom stereocenters. The predicted molar refractivity (Wildman–Crippen MR) is 61.5 cm³/mol. The fourth-order valence-corrected chi connectivity index (χ4v) is 1.75. The number of carbonyl (C=O) groups excluding carboxylic acids is 1.